The topological polar surface area (TPSA) is 39.2 Å². The smallest absolute Gasteiger partial charge is 0.350 e. The quantitative estimate of drug-likeness (QED) is 0.773. The molecule has 94 valence electrons. The molecule has 1 aromatic carbocycles. The molecule has 0 radical (unpaired) electrons. The molecule has 0 fully saturated rings. The van der Waals surface area contributed by atoms with Gasteiger partial charge in [0.1, 0.15) is 4.88 Å². The first kappa shape index (κ1) is 13.5. The van der Waals surface area contributed by atoms with E-state index < -0.39 is 0 Å². The summed E-state index contributed by atoms with van der Waals surface area (Å²) in [5, 5.41) is 0.556. The van der Waals surface area contributed by atoms with Crippen LogP contribution in [-0.2, 0) is 4.74 Å². The Morgan fingerprint density at radius 1 is 1.50 bits per heavy atom. The van der Waals surface area contributed by atoms with Gasteiger partial charge in [0, 0.05) is 5.56 Å². The molecule has 6 heteroatoms. The van der Waals surface area contributed by atoms with E-state index in [1.54, 1.807) is 13.0 Å². The number of ether oxygens (including phenoxy) is 1. The fraction of sp³-hybridized carbons (Fsp3) is 0.167. The first-order valence-electron chi connectivity index (χ1n) is 5.21. The third-order valence-electron chi connectivity index (χ3n) is 2.19. The van der Waals surface area contributed by atoms with Crippen LogP contribution in [0.2, 0.25) is 5.02 Å². The Kier molecular flexibility index (Phi) is 4.37. The Morgan fingerprint density at radius 3 is 2.89 bits per heavy atom. The van der Waals surface area contributed by atoms with Crippen molar-refractivity contribution in [1.29, 1.82) is 0 Å². The number of benzene rings is 1. The van der Waals surface area contributed by atoms with Crippen LogP contribution in [0.3, 0.4) is 0 Å². The van der Waals surface area contributed by atoms with E-state index in [-0.39, 0.29) is 5.97 Å². The number of halogens is 2. The van der Waals surface area contributed by atoms with Gasteiger partial charge in [-0.25, -0.2) is 9.78 Å². The average molecular weight is 347 g/mol. The van der Waals surface area contributed by atoms with Gasteiger partial charge in [0.2, 0.25) is 0 Å². The molecule has 0 aliphatic heterocycles. The van der Waals surface area contributed by atoms with Crippen molar-refractivity contribution in [3.05, 3.63) is 38.1 Å². The zero-order valence-electron chi connectivity index (χ0n) is 9.44. The minimum atomic E-state index is -0.379. The highest BCUT2D eigenvalue weighted by molar-refractivity contribution is 9.11. The zero-order valence-corrected chi connectivity index (χ0v) is 12.6. The van der Waals surface area contributed by atoms with E-state index in [0.29, 0.717) is 26.1 Å². The summed E-state index contributed by atoms with van der Waals surface area (Å²) in [6.45, 7) is 2.10. The molecule has 3 nitrogen and oxygen atoms in total. The monoisotopic (exact) mass is 345 g/mol. The fourth-order valence-corrected chi connectivity index (χ4v) is 3.05. The standard InChI is InChI=1S/C12H9BrClNO2S/c1-2-17-11(16)10-9(15-12(13)18-10)7-5-3-4-6-8(7)14/h3-6H,2H2,1H3. The third-order valence-corrected chi connectivity index (χ3v) is 4.01. The SMILES string of the molecule is CCOC(=O)c1sc(Br)nc1-c1ccccc1Cl. The number of rotatable bonds is 3. The number of carbonyl (C=O) groups is 1. The maximum absolute atomic E-state index is 11.8. The maximum Gasteiger partial charge on any atom is 0.350 e. The summed E-state index contributed by atoms with van der Waals surface area (Å²) >= 11 is 10.6. The molecule has 0 saturated carbocycles. The van der Waals surface area contributed by atoms with E-state index >= 15 is 0 Å². The molecule has 0 unspecified atom stereocenters. The Labute approximate surface area is 122 Å². The van der Waals surface area contributed by atoms with Gasteiger partial charge in [0.25, 0.3) is 0 Å². The number of aromatic nitrogens is 1. The Hall–Kier alpha value is -0.910. The van der Waals surface area contributed by atoms with Crippen LogP contribution in [0.1, 0.15) is 16.6 Å². The Bertz CT molecular complexity index is 585. The van der Waals surface area contributed by atoms with E-state index in [1.807, 2.05) is 18.2 Å². The van der Waals surface area contributed by atoms with Crippen molar-refractivity contribution in [3.63, 3.8) is 0 Å². The van der Waals surface area contributed by atoms with Gasteiger partial charge in [-0.2, -0.15) is 0 Å². The molecule has 0 atom stereocenters. The summed E-state index contributed by atoms with van der Waals surface area (Å²) in [4.78, 5) is 16.6. The number of esters is 1. The van der Waals surface area contributed by atoms with Gasteiger partial charge in [-0.15, -0.1) is 0 Å². The highest BCUT2D eigenvalue weighted by atomic mass is 79.9. The lowest BCUT2D eigenvalue weighted by Crippen LogP contribution is -2.04. The second-order valence-electron chi connectivity index (χ2n) is 3.34. The van der Waals surface area contributed by atoms with Crippen molar-refractivity contribution in [2.45, 2.75) is 6.92 Å². The van der Waals surface area contributed by atoms with Crippen molar-refractivity contribution in [2.24, 2.45) is 0 Å². The molecule has 1 heterocycles. The first-order valence-corrected chi connectivity index (χ1v) is 7.20. The molecular weight excluding hydrogens is 338 g/mol. The minimum absolute atomic E-state index is 0.330. The van der Waals surface area contributed by atoms with Gasteiger partial charge >= 0.3 is 5.97 Å². The molecule has 0 spiro atoms. The van der Waals surface area contributed by atoms with Crippen LogP contribution in [0.15, 0.2) is 28.2 Å². The third kappa shape index (κ3) is 2.74. The summed E-state index contributed by atoms with van der Waals surface area (Å²) in [5.41, 5.74) is 1.28. The van der Waals surface area contributed by atoms with E-state index in [1.165, 1.54) is 11.3 Å². The van der Waals surface area contributed by atoms with Crippen LogP contribution in [0.25, 0.3) is 11.3 Å². The van der Waals surface area contributed by atoms with Gasteiger partial charge in [-0.1, -0.05) is 41.1 Å². The predicted molar refractivity (Wildman–Crippen MR) is 76.2 cm³/mol. The molecule has 2 rings (SSSR count). The number of nitrogens with zero attached hydrogens (tertiary/aromatic N) is 1. The second kappa shape index (κ2) is 5.82. The Morgan fingerprint density at radius 2 is 2.22 bits per heavy atom. The van der Waals surface area contributed by atoms with Crippen LogP contribution in [-0.4, -0.2) is 17.6 Å². The summed E-state index contributed by atoms with van der Waals surface area (Å²) < 4.78 is 5.64. The molecule has 18 heavy (non-hydrogen) atoms. The zero-order chi connectivity index (χ0) is 13.1. The highest BCUT2D eigenvalue weighted by Gasteiger charge is 2.21. The number of hydrogen-bond acceptors (Lipinski definition) is 4. The van der Waals surface area contributed by atoms with Gasteiger partial charge in [-0.3, -0.25) is 0 Å². The largest absolute Gasteiger partial charge is 0.462 e. The fourth-order valence-electron chi connectivity index (χ4n) is 1.46. The minimum Gasteiger partial charge on any atom is -0.462 e. The molecule has 0 N–H and O–H groups in total. The lowest BCUT2D eigenvalue weighted by molar-refractivity contribution is 0.0532. The normalized spacial score (nSPS) is 10.4. The van der Waals surface area contributed by atoms with E-state index in [2.05, 4.69) is 20.9 Å². The van der Waals surface area contributed by atoms with Gasteiger partial charge in [-0.05, 0) is 28.9 Å². The lowest BCUT2D eigenvalue weighted by Gasteiger charge is -2.03. The van der Waals surface area contributed by atoms with Gasteiger partial charge < -0.3 is 4.74 Å². The van der Waals surface area contributed by atoms with Gasteiger partial charge in [0.15, 0.2) is 3.92 Å². The first-order chi connectivity index (χ1) is 8.63. The summed E-state index contributed by atoms with van der Waals surface area (Å²) in [7, 11) is 0. The van der Waals surface area contributed by atoms with Crippen LogP contribution in [0, 0.1) is 0 Å². The molecule has 0 saturated heterocycles. The molecular formula is C12H9BrClNO2S. The summed E-state index contributed by atoms with van der Waals surface area (Å²) in [6.07, 6.45) is 0. The Balaban J connectivity index is 2.51. The second-order valence-corrected chi connectivity index (χ2v) is 6.03. The van der Waals surface area contributed by atoms with Gasteiger partial charge in [0.05, 0.1) is 17.3 Å². The molecule has 0 aliphatic carbocycles. The number of hydrogen-bond donors (Lipinski definition) is 0. The highest BCUT2D eigenvalue weighted by Crippen LogP contribution is 2.35. The molecule has 0 aliphatic rings. The molecule has 1 aromatic heterocycles. The van der Waals surface area contributed by atoms with Crippen molar-refractivity contribution in [3.8, 4) is 11.3 Å². The molecule has 0 bridgehead atoms. The van der Waals surface area contributed by atoms with Crippen molar-refractivity contribution in [2.75, 3.05) is 6.61 Å². The van der Waals surface area contributed by atoms with E-state index in [9.17, 15) is 4.79 Å². The molecule has 0 amide bonds. The molecule has 2 aromatic rings. The van der Waals surface area contributed by atoms with Crippen molar-refractivity contribution < 1.29 is 9.53 Å². The number of carbonyl (C=O) groups excluding carboxylic acids is 1. The van der Waals surface area contributed by atoms with Crippen LogP contribution in [0.4, 0.5) is 0 Å². The van der Waals surface area contributed by atoms with E-state index in [4.69, 9.17) is 16.3 Å². The van der Waals surface area contributed by atoms with Crippen LogP contribution < -0.4 is 0 Å². The van der Waals surface area contributed by atoms with Crippen LogP contribution >= 0.6 is 38.9 Å². The maximum atomic E-state index is 11.8. The lowest BCUT2D eigenvalue weighted by atomic mass is 10.1. The summed E-state index contributed by atoms with van der Waals surface area (Å²) in [6, 6.07) is 7.27. The van der Waals surface area contributed by atoms with E-state index in [0.717, 1.165) is 5.56 Å². The number of thiazole rings is 1. The summed E-state index contributed by atoms with van der Waals surface area (Å²) in [5.74, 6) is -0.379. The van der Waals surface area contributed by atoms with Crippen molar-refractivity contribution in [1.82, 2.24) is 4.98 Å². The predicted octanol–water partition coefficient (Wildman–Crippen LogP) is 4.40. The van der Waals surface area contributed by atoms with Crippen molar-refractivity contribution >= 4 is 44.8 Å². The van der Waals surface area contributed by atoms with Crippen LogP contribution in [0.5, 0.6) is 0 Å². The average Bonchev–Trinajstić information content (AvgIpc) is 2.72.